The molecule has 0 fully saturated rings. The van der Waals surface area contributed by atoms with Gasteiger partial charge in [-0.15, -0.1) is 0 Å². The van der Waals surface area contributed by atoms with E-state index in [-0.39, 0.29) is 18.9 Å². The largest absolute Gasteiger partial charge is 0.480 e. The van der Waals surface area contributed by atoms with Crippen LogP contribution in [0.25, 0.3) is 10.9 Å². The Hall–Kier alpha value is -5.45. The number of H-pyrrole nitrogens is 2. The Bertz CT molecular complexity index is 1530. The van der Waals surface area contributed by atoms with Crippen LogP contribution in [-0.4, -0.2) is 118 Å². The smallest absolute Gasteiger partial charge is 0.320 e. The van der Waals surface area contributed by atoms with Gasteiger partial charge in [0, 0.05) is 36.1 Å². The second-order valence-corrected chi connectivity index (χ2v) is 12.1. The summed E-state index contributed by atoms with van der Waals surface area (Å²) in [5, 5.41) is 50.2. The Labute approximate surface area is 312 Å². The number of benzene rings is 1. The molecule has 0 aliphatic rings. The molecule has 21 nitrogen and oxygen atoms in total. The van der Waals surface area contributed by atoms with Gasteiger partial charge >= 0.3 is 35.8 Å². The van der Waals surface area contributed by atoms with Crippen LogP contribution in [0.4, 0.5) is 0 Å². The van der Waals surface area contributed by atoms with Crippen molar-refractivity contribution in [2.45, 2.75) is 84.1 Å². The third-order valence-corrected chi connectivity index (χ3v) is 6.34. The first kappa shape index (κ1) is 52.9. The van der Waals surface area contributed by atoms with Gasteiger partial charge in [0.2, 0.25) is 0 Å². The summed E-state index contributed by atoms with van der Waals surface area (Å²) < 4.78 is 0. The fraction of sp³-hybridized carbons (Fsp3) is 0.485. The lowest BCUT2D eigenvalue weighted by Gasteiger charge is -2.07. The Morgan fingerprint density at radius 1 is 0.685 bits per heavy atom. The van der Waals surface area contributed by atoms with Crippen molar-refractivity contribution in [3.05, 3.63) is 54.2 Å². The van der Waals surface area contributed by atoms with E-state index in [4.69, 9.17) is 59.3 Å². The van der Waals surface area contributed by atoms with Crippen LogP contribution in [0.2, 0.25) is 0 Å². The molecule has 0 unspecified atom stereocenters. The zero-order valence-corrected chi connectivity index (χ0v) is 31.0. The van der Waals surface area contributed by atoms with Crippen molar-refractivity contribution in [2.75, 3.05) is 6.54 Å². The van der Waals surface area contributed by atoms with Crippen molar-refractivity contribution in [3.8, 4) is 0 Å². The maximum Gasteiger partial charge on any atom is 0.320 e. The number of carboxylic acids is 6. The topological polar surface area (TPSA) is 424 Å². The molecule has 306 valence electrons. The van der Waals surface area contributed by atoms with E-state index >= 15 is 0 Å². The molecular weight excluding hydrogens is 714 g/mol. The van der Waals surface area contributed by atoms with Gasteiger partial charge in [-0.1, -0.05) is 45.9 Å². The summed E-state index contributed by atoms with van der Waals surface area (Å²) in [5.41, 5.74) is 33.1. The van der Waals surface area contributed by atoms with Crippen LogP contribution in [0, 0.1) is 11.8 Å². The first-order valence-corrected chi connectivity index (χ1v) is 16.3. The molecule has 21 heteroatoms. The van der Waals surface area contributed by atoms with E-state index in [1.807, 2.05) is 44.3 Å². The van der Waals surface area contributed by atoms with E-state index in [2.05, 4.69) is 20.7 Å². The lowest BCUT2D eigenvalue weighted by Crippen LogP contribution is -2.34. The third kappa shape index (κ3) is 27.2. The fourth-order valence-corrected chi connectivity index (χ4v) is 3.23. The Balaban J connectivity index is -0.000000603. The van der Waals surface area contributed by atoms with E-state index in [0.717, 1.165) is 16.5 Å². The molecule has 1 aromatic carbocycles. The molecule has 2 aromatic heterocycles. The Morgan fingerprint density at radius 3 is 1.46 bits per heavy atom. The van der Waals surface area contributed by atoms with Crippen LogP contribution in [0.15, 0.2) is 43.0 Å². The summed E-state index contributed by atoms with van der Waals surface area (Å²) in [6.45, 7) is 8.59. The number of fused-ring (bicyclic) bond motifs is 1. The van der Waals surface area contributed by atoms with Crippen molar-refractivity contribution >= 4 is 46.7 Å². The number of aromatic nitrogens is 3. The highest BCUT2D eigenvalue weighted by Crippen LogP contribution is 2.18. The van der Waals surface area contributed by atoms with Crippen LogP contribution in [0.3, 0.4) is 0 Å². The number of nitrogens with zero attached hydrogens (tertiary/aromatic N) is 1. The number of imidazole rings is 1. The summed E-state index contributed by atoms with van der Waals surface area (Å²) >= 11 is 0. The van der Waals surface area contributed by atoms with Gasteiger partial charge in [-0.05, 0) is 36.8 Å². The molecule has 5 atom stereocenters. The van der Waals surface area contributed by atoms with Crippen LogP contribution in [0.5, 0.6) is 0 Å². The van der Waals surface area contributed by atoms with Gasteiger partial charge in [0.1, 0.15) is 30.2 Å². The minimum absolute atomic E-state index is 0.0208. The number of para-hydroxylation sites is 1. The first-order chi connectivity index (χ1) is 24.9. The predicted molar refractivity (Wildman–Crippen MR) is 199 cm³/mol. The highest BCUT2D eigenvalue weighted by atomic mass is 16.4. The highest BCUT2D eigenvalue weighted by Gasteiger charge is 2.16. The van der Waals surface area contributed by atoms with Gasteiger partial charge in [-0.2, -0.15) is 0 Å². The number of carbonyl (C=O) groups is 6. The molecule has 0 radical (unpaired) electrons. The first-order valence-electron chi connectivity index (χ1n) is 16.3. The minimum atomic E-state index is -1.01. The molecule has 0 amide bonds. The van der Waals surface area contributed by atoms with Crippen LogP contribution in [0.1, 0.15) is 52.3 Å². The van der Waals surface area contributed by atoms with Crippen molar-refractivity contribution in [1.82, 2.24) is 15.0 Å². The Morgan fingerprint density at radius 2 is 1.15 bits per heavy atom. The number of rotatable bonds is 13. The van der Waals surface area contributed by atoms with Crippen molar-refractivity contribution < 1.29 is 59.4 Å². The zero-order valence-electron chi connectivity index (χ0n) is 31.0. The van der Waals surface area contributed by atoms with Gasteiger partial charge in [-0.25, -0.2) is 4.98 Å². The zero-order chi connectivity index (χ0) is 42.7. The number of nitrogens with one attached hydrogen (secondary N) is 2. The standard InChI is InChI=1S/C11H12N2O2.C6H9N3O2.C6H13NO2.C5H11NO2.C3H7NO2.C2H5NO2/c12-9(11(14)15)5-7-6-13-10-4-2-1-3-8(7)10;7-5(6(10)11)1-4-2-8-3-9-4;1-4(2)3-5(7)6(8)9;1-3(2)4(6)5(7)8;1-2(4)3(5)6;3-1-2(4)5/h1-4,6,9,13H,5,12H2,(H,14,15);2-3,5H,1,7H2,(H,8,9)(H,10,11);4-5H,3,7H2,1-2H3,(H,8,9);3-4H,6H2,1-2H3,(H,7,8);2H,4H2,1H3,(H,5,6);1,3H2,(H,4,5)/t9-;2*5-;4-;2-;/m00000./s1. The molecule has 0 saturated carbocycles. The molecule has 0 spiro atoms. The van der Waals surface area contributed by atoms with E-state index in [0.29, 0.717) is 24.5 Å². The van der Waals surface area contributed by atoms with E-state index in [1.54, 1.807) is 20.0 Å². The molecule has 54 heavy (non-hydrogen) atoms. The average molecular weight is 772 g/mol. The maximum atomic E-state index is 10.6. The maximum absolute atomic E-state index is 10.6. The molecule has 3 rings (SSSR count). The van der Waals surface area contributed by atoms with Gasteiger partial charge < -0.3 is 75.0 Å². The summed E-state index contributed by atoms with van der Waals surface area (Å²) in [4.78, 5) is 69.5. The molecular formula is C33H57N9O12. The van der Waals surface area contributed by atoms with Crippen LogP contribution in [-0.2, 0) is 41.6 Å². The minimum Gasteiger partial charge on any atom is -0.480 e. The predicted octanol–water partition coefficient (Wildman–Crippen LogP) is -0.567. The van der Waals surface area contributed by atoms with Gasteiger partial charge in [0.25, 0.3) is 0 Å². The van der Waals surface area contributed by atoms with Crippen molar-refractivity contribution in [1.29, 1.82) is 0 Å². The van der Waals surface area contributed by atoms with E-state index in [1.165, 1.54) is 13.3 Å². The third-order valence-electron chi connectivity index (χ3n) is 6.34. The molecule has 3 aromatic rings. The number of aromatic amines is 2. The van der Waals surface area contributed by atoms with Crippen molar-refractivity contribution in [2.24, 2.45) is 46.2 Å². The summed E-state index contributed by atoms with van der Waals surface area (Å²) in [6, 6.07) is 3.92. The SMILES string of the molecule is CC(C)C[C@H](N)C(=O)O.CC(C)[C@H](N)C(=O)O.C[C@H](N)C(=O)O.NCC(=O)O.N[C@@H](Cc1c[nH]c2ccccc12)C(=O)O.N[C@@H](Cc1c[nH]cn1)C(=O)O. The second kappa shape index (κ2) is 29.1. The van der Waals surface area contributed by atoms with Gasteiger partial charge in [-0.3, -0.25) is 28.8 Å². The van der Waals surface area contributed by atoms with Gasteiger partial charge in [0.15, 0.2) is 0 Å². The van der Waals surface area contributed by atoms with Crippen LogP contribution >= 0.6 is 0 Å². The highest BCUT2D eigenvalue weighted by molar-refractivity contribution is 5.84. The number of hydrogen-bond donors (Lipinski definition) is 14. The van der Waals surface area contributed by atoms with Crippen LogP contribution < -0.4 is 34.4 Å². The molecule has 0 bridgehead atoms. The molecule has 2 heterocycles. The number of nitrogens with two attached hydrogens (primary N) is 6. The quantitative estimate of drug-likeness (QED) is 0.103. The summed E-state index contributed by atoms with van der Waals surface area (Å²) in [5.74, 6) is -5.37. The lowest BCUT2D eigenvalue weighted by molar-refractivity contribution is -0.140. The number of hydrogen-bond acceptors (Lipinski definition) is 13. The summed E-state index contributed by atoms with van der Waals surface area (Å²) in [7, 11) is 0. The fourth-order valence-electron chi connectivity index (χ4n) is 3.23. The second-order valence-electron chi connectivity index (χ2n) is 12.1. The average Bonchev–Trinajstić information content (AvgIpc) is 3.75. The molecule has 0 saturated heterocycles. The summed E-state index contributed by atoms with van der Waals surface area (Å²) in [6.07, 6.45) is 6.09. The normalized spacial score (nSPS) is 12.8. The van der Waals surface area contributed by atoms with Crippen molar-refractivity contribution in [3.63, 3.8) is 0 Å². The number of carboxylic acid groups (broad SMARTS) is 6. The molecule has 0 aliphatic carbocycles. The number of aliphatic carboxylic acids is 6. The molecule has 20 N–H and O–H groups in total. The van der Waals surface area contributed by atoms with E-state index < -0.39 is 66.0 Å². The molecule has 0 aliphatic heterocycles. The van der Waals surface area contributed by atoms with E-state index in [9.17, 15) is 28.8 Å². The lowest BCUT2D eigenvalue weighted by atomic mass is 10.1. The monoisotopic (exact) mass is 771 g/mol. The Kier molecular flexibility index (Phi) is 28.5. The van der Waals surface area contributed by atoms with Gasteiger partial charge in [0.05, 0.1) is 18.6 Å².